The van der Waals surface area contributed by atoms with E-state index >= 15 is 0 Å². The van der Waals surface area contributed by atoms with Crippen molar-refractivity contribution in [1.82, 2.24) is 10.2 Å². The van der Waals surface area contributed by atoms with E-state index in [-0.39, 0.29) is 37.7 Å². The van der Waals surface area contributed by atoms with Gasteiger partial charge >= 0.3 is 0 Å². The van der Waals surface area contributed by atoms with E-state index in [1.807, 2.05) is 60.7 Å². The number of benzene rings is 3. The summed E-state index contributed by atoms with van der Waals surface area (Å²) in [5.74, 6) is -0.486. The number of amides is 2. The van der Waals surface area contributed by atoms with Crippen LogP contribution in [-0.2, 0) is 32.6 Å². The van der Waals surface area contributed by atoms with E-state index in [0.717, 1.165) is 17.4 Å². The van der Waals surface area contributed by atoms with Crippen molar-refractivity contribution < 1.29 is 18.0 Å². The average Bonchev–Trinajstić information content (AvgIpc) is 2.90. The Morgan fingerprint density at radius 2 is 1.53 bits per heavy atom. The fraction of sp³-hybridized carbons (Fsp3) is 0.310. The summed E-state index contributed by atoms with van der Waals surface area (Å²) in [5.41, 5.74) is 2.97. The second-order valence-corrected chi connectivity index (χ2v) is 11.5. The van der Waals surface area contributed by atoms with Crippen LogP contribution in [0, 0.1) is 6.92 Å². The van der Waals surface area contributed by atoms with Crippen molar-refractivity contribution in [3.8, 4) is 0 Å². The van der Waals surface area contributed by atoms with Gasteiger partial charge < -0.3 is 10.2 Å². The molecule has 3 rings (SSSR count). The number of carbonyl (C=O) groups excluding carboxylic acids is 2. The maximum absolute atomic E-state index is 13.6. The van der Waals surface area contributed by atoms with Crippen LogP contribution >= 0.6 is 11.6 Å². The Hall–Kier alpha value is -3.36. The number of rotatable bonds is 12. The van der Waals surface area contributed by atoms with Crippen LogP contribution in [0.4, 0.5) is 5.69 Å². The lowest BCUT2D eigenvalue weighted by Crippen LogP contribution is -2.49. The van der Waals surface area contributed by atoms with Crippen molar-refractivity contribution in [2.45, 2.75) is 38.8 Å². The molecular formula is C29H34ClN3O4S. The predicted octanol–water partition coefficient (Wildman–Crippen LogP) is 4.58. The highest BCUT2D eigenvalue weighted by Crippen LogP contribution is 2.28. The summed E-state index contributed by atoms with van der Waals surface area (Å²) < 4.78 is 26.5. The number of nitrogens with zero attached hydrogens (tertiary/aromatic N) is 2. The number of carbonyl (C=O) groups is 2. The smallest absolute Gasteiger partial charge is 0.242 e. The van der Waals surface area contributed by atoms with Crippen LogP contribution < -0.4 is 9.62 Å². The standard InChI is InChI=1S/C29H34ClN3O4S/c1-22-25(30)16-10-17-26(22)33(38(3,36)37)19-11-18-28(34)32(21-24-14-8-5-9-15-24)27(29(35)31-2)20-23-12-6-4-7-13-23/h4-10,12-17,27H,11,18-21H2,1-3H3,(H,31,35). The molecule has 9 heteroatoms. The van der Waals surface area contributed by atoms with Gasteiger partial charge in [0.1, 0.15) is 6.04 Å². The normalized spacial score (nSPS) is 12.0. The van der Waals surface area contributed by atoms with E-state index in [2.05, 4.69) is 5.32 Å². The minimum atomic E-state index is -3.61. The van der Waals surface area contributed by atoms with Gasteiger partial charge in [0.15, 0.2) is 0 Å². The summed E-state index contributed by atoms with van der Waals surface area (Å²) in [6.07, 6.45) is 1.84. The molecule has 0 aromatic heterocycles. The number of halogens is 1. The monoisotopic (exact) mass is 555 g/mol. The van der Waals surface area contributed by atoms with Crippen LogP contribution in [-0.4, -0.2) is 51.0 Å². The largest absolute Gasteiger partial charge is 0.357 e. The topological polar surface area (TPSA) is 86.8 Å². The molecule has 3 aromatic rings. The number of nitrogens with one attached hydrogen (secondary N) is 1. The van der Waals surface area contributed by atoms with Crippen LogP contribution in [0.3, 0.4) is 0 Å². The van der Waals surface area contributed by atoms with E-state index in [1.165, 1.54) is 4.31 Å². The lowest BCUT2D eigenvalue weighted by Gasteiger charge is -2.31. The highest BCUT2D eigenvalue weighted by molar-refractivity contribution is 7.92. The van der Waals surface area contributed by atoms with Gasteiger partial charge in [-0.15, -0.1) is 0 Å². The number of sulfonamides is 1. The van der Waals surface area contributed by atoms with E-state index in [4.69, 9.17) is 11.6 Å². The Kier molecular flexibility index (Phi) is 10.3. The van der Waals surface area contributed by atoms with Crippen molar-refractivity contribution in [2.24, 2.45) is 0 Å². The third-order valence-electron chi connectivity index (χ3n) is 6.37. The zero-order valence-electron chi connectivity index (χ0n) is 21.9. The Labute approximate surface area is 230 Å². The van der Waals surface area contributed by atoms with Crippen LogP contribution in [0.5, 0.6) is 0 Å². The van der Waals surface area contributed by atoms with Crippen LogP contribution in [0.1, 0.15) is 29.5 Å². The molecule has 38 heavy (non-hydrogen) atoms. The van der Waals surface area contributed by atoms with Gasteiger partial charge in [0.2, 0.25) is 21.8 Å². The van der Waals surface area contributed by atoms with E-state index < -0.39 is 16.1 Å². The van der Waals surface area contributed by atoms with E-state index in [0.29, 0.717) is 22.7 Å². The molecule has 1 unspecified atom stereocenters. The lowest BCUT2D eigenvalue weighted by atomic mass is 10.0. The predicted molar refractivity (Wildman–Crippen MR) is 153 cm³/mol. The van der Waals surface area contributed by atoms with Crippen LogP contribution in [0.2, 0.25) is 5.02 Å². The molecule has 0 saturated heterocycles. The molecule has 0 bridgehead atoms. The molecule has 0 heterocycles. The van der Waals surface area contributed by atoms with Gasteiger partial charge in [-0.05, 0) is 42.2 Å². The minimum Gasteiger partial charge on any atom is -0.357 e. The number of hydrogen-bond donors (Lipinski definition) is 1. The van der Waals surface area contributed by atoms with E-state index in [1.54, 1.807) is 37.1 Å². The van der Waals surface area contributed by atoms with Crippen molar-refractivity contribution in [2.75, 3.05) is 24.2 Å². The molecule has 202 valence electrons. The third-order valence-corrected chi connectivity index (χ3v) is 7.96. The molecule has 7 nitrogen and oxygen atoms in total. The quantitative estimate of drug-likeness (QED) is 0.354. The van der Waals surface area contributed by atoms with Crippen molar-refractivity contribution in [3.63, 3.8) is 0 Å². The highest BCUT2D eigenvalue weighted by Gasteiger charge is 2.30. The first-order chi connectivity index (χ1) is 18.1. The maximum atomic E-state index is 13.6. The average molecular weight is 556 g/mol. The molecule has 0 aliphatic rings. The second kappa shape index (κ2) is 13.4. The zero-order chi connectivity index (χ0) is 27.7. The van der Waals surface area contributed by atoms with Crippen molar-refractivity contribution in [3.05, 3.63) is 101 Å². The number of anilines is 1. The van der Waals surface area contributed by atoms with Gasteiger partial charge in [-0.2, -0.15) is 0 Å². The van der Waals surface area contributed by atoms with Gasteiger partial charge in [0, 0.05) is 38.0 Å². The maximum Gasteiger partial charge on any atom is 0.242 e. The van der Waals surface area contributed by atoms with E-state index in [9.17, 15) is 18.0 Å². The molecule has 0 saturated carbocycles. The minimum absolute atomic E-state index is 0.0702. The molecule has 0 aliphatic carbocycles. The summed E-state index contributed by atoms with van der Waals surface area (Å²) in [5, 5.41) is 3.17. The molecule has 2 amide bonds. The Morgan fingerprint density at radius 3 is 2.11 bits per heavy atom. The first-order valence-electron chi connectivity index (χ1n) is 12.4. The fourth-order valence-corrected chi connectivity index (χ4v) is 5.53. The fourth-order valence-electron chi connectivity index (χ4n) is 4.35. The van der Waals surface area contributed by atoms with Gasteiger partial charge in [-0.3, -0.25) is 13.9 Å². The molecule has 0 spiro atoms. The summed E-state index contributed by atoms with van der Waals surface area (Å²) in [6.45, 7) is 2.13. The first-order valence-corrected chi connectivity index (χ1v) is 14.7. The Balaban J connectivity index is 1.84. The Bertz CT molecular complexity index is 1330. The summed E-state index contributed by atoms with van der Waals surface area (Å²) in [6, 6.07) is 23.4. The van der Waals surface area contributed by atoms with Gasteiger partial charge in [-0.25, -0.2) is 8.42 Å². The zero-order valence-corrected chi connectivity index (χ0v) is 23.5. The summed E-state index contributed by atoms with van der Waals surface area (Å²) in [4.78, 5) is 28.3. The molecule has 1 atom stereocenters. The number of likely N-dealkylation sites (N-methyl/N-ethyl adjacent to an activating group) is 1. The molecule has 3 aromatic carbocycles. The van der Waals surface area contributed by atoms with Gasteiger partial charge in [-0.1, -0.05) is 78.3 Å². The van der Waals surface area contributed by atoms with Crippen LogP contribution in [0.15, 0.2) is 78.9 Å². The summed E-state index contributed by atoms with van der Waals surface area (Å²) in [7, 11) is -2.05. The van der Waals surface area contributed by atoms with Crippen LogP contribution in [0.25, 0.3) is 0 Å². The van der Waals surface area contributed by atoms with Crippen molar-refractivity contribution in [1.29, 1.82) is 0 Å². The molecule has 0 radical (unpaired) electrons. The number of hydrogen-bond acceptors (Lipinski definition) is 4. The molecule has 1 N–H and O–H groups in total. The SMILES string of the molecule is CNC(=O)C(Cc1ccccc1)N(Cc1ccccc1)C(=O)CCCN(c1cccc(Cl)c1C)S(C)(=O)=O. The van der Waals surface area contributed by atoms with Gasteiger partial charge in [0.25, 0.3) is 0 Å². The molecule has 0 fully saturated rings. The Morgan fingerprint density at radius 1 is 0.921 bits per heavy atom. The molecule has 0 aliphatic heterocycles. The third kappa shape index (κ3) is 7.82. The molecular weight excluding hydrogens is 522 g/mol. The second-order valence-electron chi connectivity index (χ2n) is 9.15. The lowest BCUT2D eigenvalue weighted by molar-refractivity contribution is -0.141. The van der Waals surface area contributed by atoms with Gasteiger partial charge in [0.05, 0.1) is 11.9 Å². The first kappa shape index (κ1) is 29.2. The summed E-state index contributed by atoms with van der Waals surface area (Å²) >= 11 is 6.24. The van der Waals surface area contributed by atoms with Crippen molar-refractivity contribution >= 4 is 39.1 Å². The highest BCUT2D eigenvalue weighted by atomic mass is 35.5.